The fourth-order valence-electron chi connectivity index (χ4n) is 3.09. The average molecular weight is 391 g/mol. The third kappa shape index (κ3) is 5.76. The van der Waals surface area contributed by atoms with Gasteiger partial charge in [-0.15, -0.1) is 0 Å². The zero-order valence-corrected chi connectivity index (χ0v) is 15.8. The monoisotopic (exact) mass is 390 g/mol. The minimum absolute atomic E-state index is 0.0165. The van der Waals surface area contributed by atoms with Crippen LogP contribution in [-0.2, 0) is 16.1 Å². The second-order valence-electron chi connectivity index (χ2n) is 6.51. The summed E-state index contributed by atoms with van der Waals surface area (Å²) in [6, 6.07) is 10.7. The predicted molar refractivity (Wildman–Crippen MR) is 101 cm³/mol. The molecule has 0 atom stereocenters. The molecular formula is C20H23ClN2O4. The quantitative estimate of drug-likeness (QED) is 0.787. The van der Waals surface area contributed by atoms with Crippen LogP contribution in [-0.4, -0.2) is 36.4 Å². The molecule has 27 heavy (non-hydrogen) atoms. The summed E-state index contributed by atoms with van der Waals surface area (Å²) in [6.45, 7) is 1.89. The van der Waals surface area contributed by atoms with Gasteiger partial charge in [-0.1, -0.05) is 17.7 Å². The number of ether oxygens (including phenoxy) is 1. The smallest absolute Gasteiger partial charge is 0.225 e. The fourth-order valence-corrected chi connectivity index (χ4v) is 3.27. The topological polar surface area (TPSA) is 71.8 Å². The molecule has 0 radical (unpaired) electrons. The second-order valence-corrected chi connectivity index (χ2v) is 6.94. The Balaban J connectivity index is 1.35. The Morgan fingerprint density at radius 1 is 1.22 bits per heavy atom. The molecule has 6 nitrogen and oxygen atoms in total. The Morgan fingerprint density at radius 3 is 2.74 bits per heavy atom. The van der Waals surface area contributed by atoms with Crippen molar-refractivity contribution in [2.75, 3.05) is 19.7 Å². The van der Waals surface area contributed by atoms with Crippen molar-refractivity contribution in [1.29, 1.82) is 0 Å². The maximum Gasteiger partial charge on any atom is 0.225 e. The van der Waals surface area contributed by atoms with E-state index in [0.717, 1.165) is 5.76 Å². The van der Waals surface area contributed by atoms with Gasteiger partial charge in [0.1, 0.15) is 11.5 Å². The number of rotatable bonds is 7. The van der Waals surface area contributed by atoms with Crippen molar-refractivity contribution in [1.82, 2.24) is 10.2 Å². The fraction of sp³-hybridized carbons (Fsp3) is 0.400. The summed E-state index contributed by atoms with van der Waals surface area (Å²) in [4.78, 5) is 26.4. The lowest BCUT2D eigenvalue weighted by Crippen LogP contribution is -2.43. The number of nitrogens with zero attached hydrogens (tertiary/aromatic N) is 1. The van der Waals surface area contributed by atoms with E-state index >= 15 is 0 Å². The van der Waals surface area contributed by atoms with Gasteiger partial charge in [0.05, 0.1) is 25.8 Å². The third-order valence-corrected chi connectivity index (χ3v) is 4.85. The summed E-state index contributed by atoms with van der Waals surface area (Å²) in [5.41, 5.74) is 0. The summed E-state index contributed by atoms with van der Waals surface area (Å²) < 4.78 is 10.8. The van der Waals surface area contributed by atoms with Crippen molar-refractivity contribution in [2.24, 2.45) is 5.92 Å². The number of likely N-dealkylation sites (tertiary alicyclic amines) is 1. The van der Waals surface area contributed by atoms with E-state index in [4.69, 9.17) is 20.8 Å². The normalized spacial score (nSPS) is 14.8. The molecular weight excluding hydrogens is 368 g/mol. The highest BCUT2D eigenvalue weighted by atomic mass is 35.5. The first kappa shape index (κ1) is 19.3. The van der Waals surface area contributed by atoms with E-state index in [0.29, 0.717) is 56.3 Å². The average Bonchev–Trinajstić information content (AvgIpc) is 3.20. The zero-order chi connectivity index (χ0) is 19.1. The molecule has 2 aromatic rings. The maximum atomic E-state index is 12.3. The molecule has 144 valence electrons. The molecule has 0 saturated carbocycles. The van der Waals surface area contributed by atoms with Crippen molar-refractivity contribution >= 4 is 23.4 Å². The van der Waals surface area contributed by atoms with Gasteiger partial charge in [-0.2, -0.15) is 0 Å². The molecule has 1 aromatic carbocycles. The SMILES string of the molecule is O=C(NCc1ccco1)C1CCN(C(=O)CCOc2cccc(Cl)c2)CC1. The van der Waals surface area contributed by atoms with Crippen molar-refractivity contribution in [3.05, 3.63) is 53.4 Å². The van der Waals surface area contributed by atoms with Gasteiger partial charge in [-0.05, 0) is 43.2 Å². The highest BCUT2D eigenvalue weighted by Gasteiger charge is 2.27. The van der Waals surface area contributed by atoms with Crippen molar-refractivity contribution in [3.63, 3.8) is 0 Å². The predicted octanol–water partition coefficient (Wildman–Crippen LogP) is 3.26. The van der Waals surface area contributed by atoms with Crippen molar-refractivity contribution in [3.8, 4) is 5.75 Å². The summed E-state index contributed by atoms with van der Waals surface area (Å²) in [5.74, 6) is 1.39. The van der Waals surface area contributed by atoms with E-state index in [1.807, 2.05) is 12.1 Å². The Kier molecular flexibility index (Phi) is 6.76. The Hall–Kier alpha value is -2.47. The molecule has 7 heteroatoms. The van der Waals surface area contributed by atoms with Crippen LogP contribution in [0.15, 0.2) is 47.1 Å². The van der Waals surface area contributed by atoms with Crippen LogP contribution in [0.2, 0.25) is 5.02 Å². The summed E-state index contributed by atoms with van der Waals surface area (Å²) >= 11 is 5.91. The number of carbonyl (C=O) groups excluding carboxylic acids is 2. The number of halogens is 1. The molecule has 0 unspecified atom stereocenters. The van der Waals surface area contributed by atoms with Gasteiger partial charge in [0.15, 0.2) is 0 Å². The molecule has 1 aliphatic heterocycles. The molecule has 1 saturated heterocycles. The van der Waals surface area contributed by atoms with Crippen LogP contribution in [0.25, 0.3) is 0 Å². The summed E-state index contributed by atoms with van der Waals surface area (Å²) in [7, 11) is 0. The van der Waals surface area contributed by atoms with E-state index in [1.54, 1.807) is 35.4 Å². The van der Waals surface area contributed by atoms with Gasteiger partial charge in [-0.3, -0.25) is 9.59 Å². The van der Waals surface area contributed by atoms with E-state index in [1.165, 1.54) is 0 Å². The first-order valence-electron chi connectivity index (χ1n) is 9.08. The van der Waals surface area contributed by atoms with Crippen LogP contribution in [0.1, 0.15) is 25.0 Å². The lowest BCUT2D eigenvalue weighted by molar-refractivity contribution is -0.136. The van der Waals surface area contributed by atoms with Gasteiger partial charge < -0.3 is 19.4 Å². The van der Waals surface area contributed by atoms with Gasteiger partial charge in [-0.25, -0.2) is 0 Å². The van der Waals surface area contributed by atoms with Crippen LogP contribution < -0.4 is 10.1 Å². The number of nitrogens with one attached hydrogen (secondary N) is 1. The number of hydrogen-bond acceptors (Lipinski definition) is 4. The standard InChI is InChI=1S/C20H23ClN2O4/c21-16-3-1-4-17(13-16)27-12-8-19(24)23-9-6-15(7-10-23)20(25)22-14-18-5-2-11-26-18/h1-5,11,13,15H,6-10,12,14H2,(H,22,25). The number of benzene rings is 1. The van der Waals surface area contributed by atoms with Gasteiger partial charge in [0.2, 0.25) is 11.8 Å². The van der Waals surface area contributed by atoms with Crippen LogP contribution in [0.4, 0.5) is 0 Å². The van der Waals surface area contributed by atoms with Crippen LogP contribution in [0.3, 0.4) is 0 Å². The van der Waals surface area contributed by atoms with Crippen molar-refractivity contribution < 1.29 is 18.7 Å². The molecule has 0 aliphatic carbocycles. The van der Waals surface area contributed by atoms with Crippen LogP contribution >= 0.6 is 11.6 Å². The molecule has 1 aromatic heterocycles. The first-order chi connectivity index (χ1) is 13.1. The molecule has 1 N–H and O–H groups in total. The maximum absolute atomic E-state index is 12.3. The van der Waals surface area contributed by atoms with E-state index in [2.05, 4.69) is 5.32 Å². The van der Waals surface area contributed by atoms with Crippen molar-refractivity contribution in [2.45, 2.75) is 25.8 Å². The molecule has 1 aliphatic rings. The molecule has 2 heterocycles. The number of hydrogen-bond donors (Lipinski definition) is 1. The largest absolute Gasteiger partial charge is 0.493 e. The van der Waals surface area contributed by atoms with Gasteiger partial charge in [0.25, 0.3) is 0 Å². The number of piperidine rings is 1. The lowest BCUT2D eigenvalue weighted by Gasteiger charge is -2.31. The minimum atomic E-state index is -0.0632. The first-order valence-corrected chi connectivity index (χ1v) is 9.46. The van der Waals surface area contributed by atoms with Gasteiger partial charge in [0, 0.05) is 24.0 Å². The summed E-state index contributed by atoms with van der Waals surface area (Å²) in [5, 5.41) is 3.49. The number of furan rings is 1. The van der Waals surface area contributed by atoms with Crippen LogP contribution in [0.5, 0.6) is 5.75 Å². The van der Waals surface area contributed by atoms with Crippen LogP contribution in [0, 0.1) is 5.92 Å². The second kappa shape index (κ2) is 9.46. The number of carbonyl (C=O) groups is 2. The third-order valence-electron chi connectivity index (χ3n) is 4.62. The molecule has 0 bridgehead atoms. The molecule has 0 spiro atoms. The zero-order valence-electron chi connectivity index (χ0n) is 15.0. The highest BCUT2D eigenvalue weighted by molar-refractivity contribution is 6.30. The molecule has 1 fully saturated rings. The van der Waals surface area contributed by atoms with Gasteiger partial charge >= 0.3 is 0 Å². The highest BCUT2D eigenvalue weighted by Crippen LogP contribution is 2.19. The number of amides is 2. The Labute approximate surface area is 163 Å². The molecule has 3 rings (SSSR count). The summed E-state index contributed by atoms with van der Waals surface area (Å²) in [6.07, 6.45) is 3.24. The van der Waals surface area contributed by atoms with E-state index in [-0.39, 0.29) is 17.7 Å². The van der Waals surface area contributed by atoms with E-state index < -0.39 is 0 Å². The van der Waals surface area contributed by atoms with E-state index in [9.17, 15) is 9.59 Å². The lowest BCUT2D eigenvalue weighted by atomic mass is 9.95. The Bertz CT molecular complexity index is 755. The molecule has 2 amide bonds. The minimum Gasteiger partial charge on any atom is -0.493 e. The Morgan fingerprint density at radius 2 is 2.04 bits per heavy atom.